The summed E-state index contributed by atoms with van der Waals surface area (Å²) in [5, 5.41) is 3.90. The number of rotatable bonds is 8. The molecule has 0 aliphatic carbocycles. The van der Waals surface area contributed by atoms with Gasteiger partial charge < -0.3 is 14.2 Å². The number of carbonyl (C=O) groups is 2. The summed E-state index contributed by atoms with van der Waals surface area (Å²) in [5.74, 6) is 0.0191. The van der Waals surface area contributed by atoms with Crippen molar-refractivity contribution in [3.63, 3.8) is 0 Å². The SMILES string of the molecule is CN(Cc1ccc(Cl)s1)C(=O)COC(=O)CCc1nc(-c2ccccc2)no1. The van der Waals surface area contributed by atoms with Crippen molar-refractivity contribution in [2.45, 2.75) is 19.4 Å². The highest BCUT2D eigenvalue weighted by Gasteiger charge is 2.15. The maximum absolute atomic E-state index is 12.1. The summed E-state index contributed by atoms with van der Waals surface area (Å²) in [6.07, 6.45) is 0.296. The first-order valence-corrected chi connectivity index (χ1v) is 9.72. The third kappa shape index (κ3) is 5.64. The number of benzene rings is 1. The van der Waals surface area contributed by atoms with E-state index in [1.165, 1.54) is 16.2 Å². The third-order valence-corrected chi connectivity index (χ3v) is 5.06. The van der Waals surface area contributed by atoms with Crippen LogP contribution in [0, 0.1) is 0 Å². The second kappa shape index (κ2) is 9.48. The highest BCUT2D eigenvalue weighted by Crippen LogP contribution is 2.22. The molecule has 0 N–H and O–H groups in total. The number of aryl methyl sites for hydroxylation is 1. The minimum absolute atomic E-state index is 0.0496. The van der Waals surface area contributed by atoms with E-state index < -0.39 is 5.97 Å². The third-order valence-electron chi connectivity index (χ3n) is 3.85. The molecule has 0 aliphatic rings. The van der Waals surface area contributed by atoms with E-state index in [0.29, 0.717) is 22.6 Å². The quantitative estimate of drug-likeness (QED) is 0.519. The van der Waals surface area contributed by atoms with Gasteiger partial charge in [0.15, 0.2) is 6.61 Å². The lowest BCUT2D eigenvalue weighted by Crippen LogP contribution is -2.30. The first-order chi connectivity index (χ1) is 13.5. The van der Waals surface area contributed by atoms with Crippen LogP contribution in [0.3, 0.4) is 0 Å². The van der Waals surface area contributed by atoms with Crippen LogP contribution in [0.1, 0.15) is 17.2 Å². The minimum Gasteiger partial charge on any atom is -0.456 e. The van der Waals surface area contributed by atoms with Gasteiger partial charge in [0, 0.05) is 23.9 Å². The van der Waals surface area contributed by atoms with Crippen LogP contribution in [0.5, 0.6) is 0 Å². The fourth-order valence-electron chi connectivity index (χ4n) is 2.35. The van der Waals surface area contributed by atoms with Gasteiger partial charge in [0.05, 0.1) is 17.3 Å². The molecule has 0 bridgehead atoms. The molecule has 0 unspecified atom stereocenters. The Bertz CT molecular complexity index is 942. The maximum Gasteiger partial charge on any atom is 0.306 e. The van der Waals surface area contributed by atoms with Crippen molar-refractivity contribution in [3.05, 3.63) is 57.6 Å². The second-order valence-corrected chi connectivity index (χ2v) is 7.79. The van der Waals surface area contributed by atoms with Crippen LogP contribution in [0.2, 0.25) is 4.34 Å². The number of nitrogens with zero attached hydrogens (tertiary/aromatic N) is 3. The zero-order valence-corrected chi connectivity index (χ0v) is 16.7. The lowest BCUT2D eigenvalue weighted by molar-refractivity contribution is -0.151. The molecule has 0 fully saturated rings. The van der Waals surface area contributed by atoms with E-state index in [1.807, 2.05) is 36.4 Å². The molecule has 9 heteroatoms. The standard InChI is InChI=1S/C19H18ClN3O4S/c1-23(11-14-7-8-15(20)28-14)17(24)12-26-18(25)10-9-16-21-19(22-27-16)13-5-3-2-4-6-13/h2-8H,9-12H2,1H3. The molecule has 0 radical (unpaired) electrons. The summed E-state index contributed by atoms with van der Waals surface area (Å²) < 4.78 is 10.9. The van der Waals surface area contributed by atoms with E-state index in [0.717, 1.165) is 10.4 Å². The molecule has 2 aromatic heterocycles. The zero-order chi connectivity index (χ0) is 19.9. The Kier molecular flexibility index (Phi) is 6.78. The molecule has 3 rings (SSSR count). The Balaban J connectivity index is 1.41. The molecular weight excluding hydrogens is 402 g/mol. The normalized spacial score (nSPS) is 10.6. The Morgan fingerprint density at radius 1 is 1.21 bits per heavy atom. The van der Waals surface area contributed by atoms with Gasteiger partial charge in [0.1, 0.15) is 0 Å². The van der Waals surface area contributed by atoms with Gasteiger partial charge in [0.25, 0.3) is 5.91 Å². The van der Waals surface area contributed by atoms with Gasteiger partial charge in [0.2, 0.25) is 11.7 Å². The van der Waals surface area contributed by atoms with Crippen molar-refractivity contribution in [3.8, 4) is 11.4 Å². The van der Waals surface area contributed by atoms with Gasteiger partial charge in [-0.25, -0.2) is 0 Å². The van der Waals surface area contributed by atoms with Gasteiger partial charge in [-0.1, -0.05) is 47.1 Å². The largest absolute Gasteiger partial charge is 0.456 e. The summed E-state index contributed by atoms with van der Waals surface area (Å²) in [5.41, 5.74) is 0.834. The number of carbonyl (C=O) groups excluding carboxylic acids is 2. The number of esters is 1. The van der Waals surface area contributed by atoms with Crippen LogP contribution in [0.15, 0.2) is 47.0 Å². The molecule has 1 amide bonds. The topological polar surface area (TPSA) is 85.5 Å². The molecule has 7 nitrogen and oxygen atoms in total. The number of hydrogen-bond acceptors (Lipinski definition) is 7. The number of ether oxygens (including phenoxy) is 1. The molecule has 3 aromatic rings. The van der Waals surface area contributed by atoms with Gasteiger partial charge in [-0.2, -0.15) is 4.98 Å². The molecule has 0 aliphatic heterocycles. The summed E-state index contributed by atoms with van der Waals surface area (Å²) in [6.45, 7) is 0.103. The van der Waals surface area contributed by atoms with Crippen molar-refractivity contribution < 1.29 is 18.8 Å². The van der Waals surface area contributed by atoms with E-state index >= 15 is 0 Å². The number of halogens is 1. The van der Waals surface area contributed by atoms with E-state index in [1.54, 1.807) is 13.1 Å². The Hall–Kier alpha value is -2.71. The van der Waals surface area contributed by atoms with Crippen molar-refractivity contribution in [2.24, 2.45) is 0 Å². The van der Waals surface area contributed by atoms with Gasteiger partial charge in [-0.05, 0) is 12.1 Å². The lowest BCUT2D eigenvalue weighted by atomic mass is 10.2. The highest BCUT2D eigenvalue weighted by atomic mass is 35.5. The predicted molar refractivity (Wildman–Crippen MR) is 105 cm³/mol. The molecule has 0 spiro atoms. The predicted octanol–water partition coefficient (Wildman–Crippen LogP) is 3.59. The minimum atomic E-state index is -0.500. The van der Waals surface area contributed by atoms with E-state index in [4.69, 9.17) is 20.9 Å². The summed E-state index contributed by atoms with van der Waals surface area (Å²) in [6, 6.07) is 13.0. The number of aromatic nitrogens is 2. The van der Waals surface area contributed by atoms with Gasteiger partial charge in [-0.15, -0.1) is 11.3 Å². The molecule has 28 heavy (non-hydrogen) atoms. The number of hydrogen-bond donors (Lipinski definition) is 0. The average Bonchev–Trinajstić information content (AvgIpc) is 3.34. The Morgan fingerprint density at radius 2 is 2.00 bits per heavy atom. The summed E-state index contributed by atoms with van der Waals surface area (Å²) >= 11 is 7.28. The highest BCUT2D eigenvalue weighted by molar-refractivity contribution is 7.16. The van der Waals surface area contributed by atoms with Crippen LogP contribution < -0.4 is 0 Å². The fraction of sp³-hybridized carbons (Fsp3) is 0.263. The Morgan fingerprint density at radius 3 is 2.71 bits per heavy atom. The summed E-state index contributed by atoms with van der Waals surface area (Å²) in [4.78, 5) is 30.7. The molecule has 146 valence electrons. The first-order valence-electron chi connectivity index (χ1n) is 8.53. The van der Waals surface area contributed by atoms with E-state index in [9.17, 15) is 9.59 Å². The molecule has 0 saturated carbocycles. The van der Waals surface area contributed by atoms with Gasteiger partial charge in [-0.3, -0.25) is 9.59 Å². The van der Waals surface area contributed by atoms with Crippen LogP contribution in [0.25, 0.3) is 11.4 Å². The van der Waals surface area contributed by atoms with Crippen LogP contribution in [0.4, 0.5) is 0 Å². The van der Waals surface area contributed by atoms with Crippen molar-refractivity contribution in [1.29, 1.82) is 0 Å². The van der Waals surface area contributed by atoms with Crippen LogP contribution >= 0.6 is 22.9 Å². The Labute approximate surface area is 170 Å². The fourth-order valence-corrected chi connectivity index (χ4v) is 3.49. The lowest BCUT2D eigenvalue weighted by Gasteiger charge is -2.16. The second-order valence-electron chi connectivity index (χ2n) is 5.99. The monoisotopic (exact) mass is 419 g/mol. The number of thiophene rings is 1. The number of likely N-dealkylation sites (N-methyl/N-ethyl adjacent to an activating group) is 1. The average molecular weight is 420 g/mol. The van der Waals surface area contributed by atoms with E-state index in [2.05, 4.69) is 10.1 Å². The number of amides is 1. The van der Waals surface area contributed by atoms with Crippen molar-refractivity contribution >= 4 is 34.8 Å². The van der Waals surface area contributed by atoms with Crippen LogP contribution in [-0.2, 0) is 27.3 Å². The molecular formula is C19H18ClN3O4S. The van der Waals surface area contributed by atoms with Crippen LogP contribution in [-0.4, -0.2) is 40.6 Å². The molecule has 0 atom stereocenters. The molecule has 2 heterocycles. The smallest absolute Gasteiger partial charge is 0.306 e. The maximum atomic E-state index is 12.1. The molecule has 0 saturated heterocycles. The van der Waals surface area contributed by atoms with Crippen molar-refractivity contribution in [1.82, 2.24) is 15.0 Å². The first kappa shape index (κ1) is 20.0. The summed E-state index contributed by atoms with van der Waals surface area (Å²) in [7, 11) is 1.65. The van der Waals surface area contributed by atoms with Gasteiger partial charge >= 0.3 is 5.97 Å². The van der Waals surface area contributed by atoms with Crippen molar-refractivity contribution in [2.75, 3.05) is 13.7 Å². The zero-order valence-electron chi connectivity index (χ0n) is 15.1. The van der Waals surface area contributed by atoms with E-state index in [-0.39, 0.29) is 25.4 Å². The molecule has 1 aromatic carbocycles.